The van der Waals surface area contributed by atoms with E-state index in [9.17, 15) is 4.79 Å². The molecule has 0 spiro atoms. The zero-order valence-electron chi connectivity index (χ0n) is 17.4. The molecule has 2 rings (SSSR count). The summed E-state index contributed by atoms with van der Waals surface area (Å²) in [5.41, 5.74) is 2.64. The molecule has 1 aromatic carbocycles. The van der Waals surface area contributed by atoms with Crippen LogP contribution < -0.4 is 24.8 Å². The van der Waals surface area contributed by atoms with Crippen molar-refractivity contribution in [3.63, 3.8) is 0 Å². The first-order chi connectivity index (χ1) is 13.9. The Kier molecular flexibility index (Phi) is 8.16. The summed E-state index contributed by atoms with van der Waals surface area (Å²) >= 11 is 1.53. The van der Waals surface area contributed by atoms with Crippen LogP contribution in [0.25, 0.3) is 11.1 Å². The third-order valence-electron chi connectivity index (χ3n) is 4.33. The molecule has 2 aromatic rings. The van der Waals surface area contributed by atoms with E-state index in [1.165, 1.54) is 11.3 Å². The maximum Gasteiger partial charge on any atom is 0.243 e. The van der Waals surface area contributed by atoms with Crippen molar-refractivity contribution in [1.29, 1.82) is 5.26 Å². The average Bonchev–Trinajstić information content (AvgIpc) is 3.18. The predicted molar refractivity (Wildman–Crippen MR) is 115 cm³/mol. The van der Waals surface area contributed by atoms with Crippen molar-refractivity contribution in [3.8, 4) is 34.4 Å². The van der Waals surface area contributed by atoms with E-state index in [0.29, 0.717) is 29.6 Å². The average molecular weight is 418 g/mol. The van der Waals surface area contributed by atoms with E-state index in [1.807, 2.05) is 29.0 Å². The highest BCUT2D eigenvalue weighted by Crippen LogP contribution is 2.43. The quantitative estimate of drug-likeness (QED) is 0.570. The third kappa shape index (κ3) is 5.55. The number of benzene rings is 1. The van der Waals surface area contributed by atoms with Gasteiger partial charge < -0.3 is 24.8 Å². The Bertz CT molecular complexity index is 848. The van der Waals surface area contributed by atoms with Crippen molar-refractivity contribution in [2.24, 2.45) is 5.92 Å². The molecule has 0 aliphatic carbocycles. The standard InChI is InChI=1S/C21H27N3O4S/c1-13(2)8-16(21(25)23-7-6-22)24-17-12-29-11-15(17)14-9-18(26-3)20(28-5)19(10-14)27-4/h9-13,16,24H,7-8H2,1-5H3,(H,23,25)/t16-/m0/s1. The number of nitrogens with zero attached hydrogens (tertiary/aromatic N) is 1. The lowest BCUT2D eigenvalue weighted by molar-refractivity contribution is -0.121. The van der Waals surface area contributed by atoms with Crippen molar-refractivity contribution in [2.75, 3.05) is 33.2 Å². The van der Waals surface area contributed by atoms with Crippen LogP contribution in [0.15, 0.2) is 22.9 Å². The highest BCUT2D eigenvalue weighted by atomic mass is 32.1. The van der Waals surface area contributed by atoms with Gasteiger partial charge in [0.2, 0.25) is 11.7 Å². The molecule has 0 bridgehead atoms. The number of carbonyl (C=O) groups excluding carboxylic acids is 1. The molecule has 7 nitrogen and oxygen atoms in total. The summed E-state index contributed by atoms with van der Waals surface area (Å²) < 4.78 is 16.3. The number of rotatable bonds is 10. The second kappa shape index (κ2) is 10.6. The molecule has 0 aliphatic rings. The third-order valence-corrected chi connectivity index (χ3v) is 5.08. The van der Waals surface area contributed by atoms with E-state index < -0.39 is 6.04 Å². The van der Waals surface area contributed by atoms with Gasteiger partial charge in [0.25, 0.3) is 0 Å². The molecule has 1 amide bonds. The number of nitriles is 1. The molecule has 0 aliphatic heterocycles. The molecule has 1 atom stereocenters. The van der Waals surface area contributed by atoms with E-state index in [4.69, 9.17) is 19.5 Å². The SMILES string of the molecule is COc1cc(-c2cscc2N[C@@H](CC(C)C)C(=O)NCC#N)cc(OC)c1OC. The Morgan fingerprint density at radius 1 is 1.14 bits per heavy atom. The van der Waals surface area contributed by atoms with Crippen LogP contribution in [0.2, 0.25) is 0 Å². The fourth-order valence-corrected chi connectivity index (χ4v) is 3.81. The number of hydrogen-bond donors (Lipinski definition) is 2. The maximum atomic E-state index is 12.5. The van der Waals surface area contributed by atoms with Crippen molar-refractivity contribution in [2.45, 2.75) is 26.3 Å². The predicted octanol–water partition coefficient (Wildman–Crippen LogP) is 3.91. The molecule has 0 saturated heterocycles. The van der Waals surface area contributed by atoms with Gasteiger partial charge in [-0.05, 0) is 30.0 Å². The molecular weight excluding hydrogens is 390 g/mol. The van der Waals surface area contributed by atoms with Gasteiger partial charge in [-0.3, -0.25) is 4.79 Å². The van der Waals surface area contributed by atoms with E-state index in [0.717, 1.165) is 16.8 Å². The molecule has 0 radical (unpaired) electrons. The second-order valence-electron chi connectivity index (χ2n) is 6.82. The number of thiophene rings is 1. The van der Waals surface area contributed by atoms with Crippen molar-refractivity contribution >= 4 is 22.9 Å². The zero-order valence-corrected chi connectivity index (χ0v) is 18.2. The van der Waals surface area contributed by atoms with Crippen LogP contribution in [-0.2, 0) is 4.79 Å². The van der Waals surface area contributed by atoms with E-state index in [-0.39, 0.29) is 12.5 Å². The second-order valence-corrected chi connectivity index (χ2v) is 7.56. The molecule has 0 saturated carbocycles. The molecule has 0 unspecified atom stereocenters. The fourth-order valence-electron chi connectivity index (χ4n) is 3.01. The van der Waals surface area contributed by atoms with Gasteiger partial charge >= 0.3 is 0 Å². The van der Waals surface area contributed by atoms with Crippen LogP contribution in [0.3, 0.4) is 0 Å². The largest absolute Gasteiger partial charge is 0.493 e. The van der Waals surface area contributed by atoms with Gasteiger partial charge in [-0.2, -0.15) is 5.26 Å². The van der Waals surface area contributed by atoms with E-state index in [2.05, 4.69) is 24.5 Å². The Hall–Kier alpha value is -2.92. The Morgan fingerprint density at radius 2 is 1.79 bits per heavy atom. The highest BCUT2D eigenvalue weighted by Gasteiger charge is 2.22. The molecule has 29 heavy (non-hydrogen) atoms. The van der Waals surface area contributed by atoms with Crippen LogP contribution in [-0.4, -0.2) is 39.8 Å². The summed E-state index contributed by atoms with van der Waals surface area (Å²) in [4.78, 5) is 12.5. The molecule has 1 aromatic heterocycles. The van der Waals surface area contributed by atoms with Crippen LogP contribution >= 0.6 is 11.3 Å². The number of amides is 1. The summed E-state index contributed by atoms with van der Waals surface area (Å²) in [5.74, 6) is 1.76. The molecule has 8 heteroatoms. The van der Waals surface area contributed by atoms with Gasteiger partial charge in [-0.25, -0.2) is 0 Å². The van der Waals surface area contributed by atoms with Gasteiger partial charge in [0.15, 0.2) is 11.5 Å². The zero-order chi connectivity index (χ0) is 21.4. The topological polar surface area (TPSA) is 92.6 Å². The van der Waals surface area contributed by atoms with Crippen LogP contribution in [0.5, 0.6) is 17.2 Å². The van der Waals surface area contributed by atoms with E-state index >= 15 is 0 Å². The summed E-state index contributed by atoms with van der Waals surface area (Å²) in [5, 5.41) is 18.7. The molecule has 2 N–H and O–H groups in total. The summed E-state index contributed by atoms with van der Waals surface area (Å²) in [6.45, 7) is 4.10. The summed E-state index contributed by atoms with van der Waals surface area (Å²) in [6, 6.07) is 5.25. The maximum absolute atomic E-state index is 12.5. The van der Waals surface area contributed by atoms with Gasteiger partial charge in [0.05, 0.1) is 33.1 Å². The lowest BCUT2D eigenvalue weighted by Gasteiger charge is -2.21. The van der Waals surface area contributed by atoms with E-state index in [1.54, 1.807) is 21.3 Å². The minimum absolute atomic E-state index is 0.0154. The Balaban J connectivity index is 2.39. The fraction of sp³-hybridized carbons (Fsp3) is 0.429. The lowest BCUT2D eigenvalue weighted by Crippen LogP contribution is -2.40. The highest BCUT2D eigenvalue weighted by molar-refractivity contribution is 7.08. The number of methoxy groups -OCH3 is 3. The summed E-state index contributed by atoms with van der Waals surface area (Å²) in [6.07, 6.45) is 0.641. The minimum Gasteiger partial charge on any atom is -0.493 e. The lowest BCUT2D eigenvalue weighted by atomic mass is 10.0. The monoisotopic (exact) mass is 417 g/mol. The number of carbonyl (C=O) groups is 1. The van der Waals surface area contributed by atoms with Crippen molar-refractivity contribution < 1.29 is 19.0 Å². The number of anilines is 1. The summed E-state index contributed by atoms with van der Waals surface area (Å²) in [7, 11) is 4.71. The van der Waals surface area contributed by atoms with Gasteiger partial charge in [-0.1, -0.05) is 13.8 Å². The number of hydrogen-bond acceptors (Lipinski definition) is 7. The first kappa shape index (κ1) is 22.4. The van der Waals surface area contributed by atoms with Crippen LogP contribution in [0.1, 0.15) is 20.3 Å². The first-order valence-electron chi connectivity index (χ1n) is 9.22. The number of nitrogens with one attached hydrogen (secondary N) is 2. The number of ether oxygens (including phenoxy) is 3. The normalized spacial score (nSPS) is 11.5. The van der Waals surface area contributed by atoms with Crippen LogP contribution in [0, 0.1) is 17.2 Å². The first-order valence-corrected chi connectivity index (χ1v) is 10.2. The Labute approximate surface area is 175 Å². The van der Waals surface area contributed by atoms with Crippen LogP contribution in [0.4, 0.5) is 5.69 Å². The molecule has 156 valence electrons. The Morgan fingerprint density at radius 3 is 2.31 bits per heavy atom. The minimum atomic E-state index is -0.446. The molecule has 1 heterocycles. The molecular formula is C21H27N3O4S. The van der Waals surface area contributed by atoms with Gasteiger partial charge in [0.1, 0.15) is 12.6 Å². The molecule has 0 fully saturated rings. The van der Waals surface area contributed by atoms with Gasteiger partial charge in [-0.15, -0.1) is 11.3 Å². The van der Waals surface area contributed by atoms with Gasteiger partial charge in [0, 0.05) is 16.3 Å². The van der Waals surface area contributed by atoms with Crippen molar-refractivity contribution in [1.82, 2.24) is 5.32 Å². The van der Waals surface area contributed by atoms with Crippen molar-refractivity contribution in [3.05, 3.63) is 22.9 Å². The smallest absolute Gasteiger partial charge is 0.243 e.